The van der Waals surface area contributed by atoms with Gasteiger partial charge in [-0.2, -0.15) is 0 Å². The van der Waals surface area contributed by atoms with Crippen LogP contribution in [0.15, 0.2) is 24.3 Å². The first-order valence-corrected chi connectivity index (χ1v) is 6.05. The Labute approximate surface area is 117 Å². The van der Waals surface area contributed by atoms with Crippen molar-refractivity contribution in [1.29, 1.82) is 0 Å². The van der Waals surface area contributed by atoms with Crippen molar-refractivity contribution in [3.05, 3.63) is 40.6 Å². The maximum absolute atomic E-state index is 11.8. The third-order valence-corrected chi connectivity index (χ3v) is 2.68. The topological polar surface area (TPSA) is 83.7 Å². The third kappa shape index (κ3) is 3.81. The van der Waals surface area contributed by atoms with Crippen LogP contribution in [0.1, 0.15) is 36.7 Å². The second kappa shape index (κ2) is 5.73. The van der Waals surface area contributed by atoms with Gasteiger partial charge in [-0.1, -0.05) is 0 Å². The Bertz CT molecular complexity index is 541. The summed E-state index contributed by atoms with van der Waals surface area (Å²) >= 11 is 0. The molecule has 0 unspecified atom stereocenters. The van der Waals surface area contributed by atoms with Crippen LogP contribution in [-0.4, -0.2) is 45.5 Å². The van der Waals surface area contributed by atoms with Gasteiger partial charge in [0.1, 0.15) is 0 Å². The Hall–Kier alpha value is -2.37. The van der Waals surface area contributed by atoms with Gasteiger partial charge < -0.3 is 10.3 Å². The standard InChI is InChI=1S/C14H18N2O4/c1-14(2,3)16(20)9-10-5-7-11(8-6-10)12(17)15(4)13(18)19/h5-9H,1-4H3,(H,18,19)/b16-9+. The summed E-state index contributed by atoms with van der Waals surface area (Å²) in [5.74, 6) is -0.612. The molecule has 0 spiro atoms. The molecule has 1 N–H and O–H groups in total. The molecule has 0 aliphatic carbocycles. The molecule has 0 aliphatic rings. The quantitative estimate of drug-likeness (QED) is 0.389. The molecule has 0 aromatic heterocycles. The lowest BCUT2D eigenvalue weighted by molar-refractivity contribution is -0.530. The minimum atomic E-state index is -1.32. The van der Waals surface area contributed by atoms with Gasteiger partial charge in [0.15, 0.2) is 11.8 Å². The van der Waals surface area contributed by atoms with E-state index in [1.54, 1.807) is 32.9 Å². The van der Waals surface area contributed by atoms with Gasteiger partial charge in [-0.15, -0.1) is 0 Å². The smallest absolute Gasteiger partial charge is 0.414 e. The highest BCUT2D eigenvalue weighted by atomic mass is 16.5. The maximum atomic E-state index is 11.8. The Morgan fingerprint density at radius 2 is 1.75 bits per heavy atom. The molecule has 1 rings (SSSR count). The average molecular weight is 278 g/mol. The summed E-state index contributed by atoms with van der Waals surface area (Å²) in [6.45, 7) is 5.36. The van der Waals surface area contributed by atoms with Crippen LogP contribution in [0, 0.1) is 5.21 Å². The highest BCUT2D eigenvalue weighted by Crippen LogP contribution is 2.09. The first-order chi connectivity index (χ1) is 9.12. The molecule has 0 bridgehead atoms. The molecule has 6 nitrogen and oxygen atoms in total. The van der Waals surface area contributed by atoms with E-state index in [-0.39, 0.29) is 5.56 Å². The molecule has 0 heterocycles. The van der Waals surface area contributed by atoms with Gasteiger partial charge in [0.25, 0.3) is 5.91 Å². The summed E-state index contributed by atoms with van der Waals surface area (Å²) in [5.41, 5.74) is 0.350. The van der Waals surface area contributed by atoms with E-state index in [4.69, 9.17) is 5.11 Å². The van der Waals surface area contributed by atoms with Crippen molar-refractivity contribution in [2.24, 2.45) is 0 Å². The number of rotatable bonds is 2. The molecule has 1 aromatic rings. The number of hydrogen-bond acceptors (Lipinski definition) is 3. The number of amides is 2. The minimum absolute atomic E-state index is 0.250. The Morgan fingerprint density at radius 1 is 1.25 bits per heavy atom. The molecule has 20 heavy (non-hydrogen) atoms. The molecule has 0 aliphatic heterocycles. The van der Waals surface area contributed by atoms with Gasteiger partial charge in [-0.3, -0.25) is 4.79 Å². The number of hydrogen-bond donors (Lipinski definition) is 1. The van der Waals surface area contributed by atoms with Crippen molar-refractivity contribution in [2.45, 2.75) is 26.3 Å². The van der Waals surface area contributed by atoms with Crippen LogP contribution in [0.2, 0.25) is 0 Å². The number of benzene rings is 1. The average Bonchev–Trinajstić information content (AvgIpc) is 2.36. The summed E-state index contributed by atoms with van der Waals surface area (Å²) in [6, 6.07) is 6.17. The molecule has 1 aromatic carbocycles. The van der Waals surface area contributed by atoms with Crippen LogP contribution in [-0.2, 0) is 0 Å². The van der Waals surface area contributed by atoms with Crippen LogP contribution in [0.4, 0.5) is 4.79 Å². The van der Waals surface area contributed by atoms with E-state index in [0.29, 0.717) is 10.5 Å². The zero-order valence-electron chi connectivity index (χ0n) is 12.0. The lowest BCUT2D eigenvalue weighted by Gasteiger charge is -2.18. The Balaban J connectivity index is 2.96. The summed E-state index contributed by atoms with van der Waals surface area (Å²) in [5, 5.41) is 20.5. The van der Waals surface area contributed by atoms with Crippen LogP contribution < -0.4 is 0 Å². The first kappa shape index (κ1) is 15.7. The zero-order chi connectivity index (χ0) is 15.5. The fourth-order valence-electron chi connectivity index (χ4n) is 1.32. The fourth-order valence-corrected chi connectivity index (χ4v) is 1.32. The zero-order valence-corrected chi connectivity index (χ0v) is 12.0. The molecule has 2 amide bonds. The van der Waals surface area contributed by atoms with Gasteiger partial charge in [-0.25, -0.2) is 14.4 Å². The van der Waals surface area contributed by atoms with Gasteiger partial charge in [0.05, 0.1) is 0 Å². The van der Waals surface area contributed by atoms with Crippen LogP contribution >= 0.6 is 0 Å². The molecular weight excluding hydrogens is 260 g/mol. The molecule has 0 saturated heterocycles. The van der Waals surface area contributed by atoms with E-state index in [2.05, 4.69) is 0 Å². The second-order valence-electron chi connectivity index (χ2n) is 5.39. The molecule has 0 fully saturated rings. The van der Waals surface area contributed by atoms with Crippen LogP contribution in [0.25, 0.3) is 0 Å². The molecular formula is C14H18N2O4. The van der Waals surface area contributed by atoms with Gasteiger partial charge in [0, 0.05) is 38.9 Å². The molecule has 0 saturated carbocycles. The maximum Gasteiger partial charge on any atom is 0.414 e. The van der Waals surface area contributed by atoms with Crippen LogP contribution in [0.5, 0.6) is 0 Å². The van der Waals surface area contributed by atoms with Gasteiger partial charge in [0.2, 0.25) is 0 Å². The van der Waals surface area contributed by atoms with Crippen LogP contribution in [0.3, 0.4) is 0 Å². The monoisotopic (exact) mass is 278 g/mol. The summed E-state index contributed by atoms with van der Waals surface area (Å²) in [6.07, 6.45) is 0.110. The largest absolute Gasteiger partial charge is 0.623 e. The summed E-state index contributed by atoms with van der Waals surface area (Å²) in [7, 11) is 1.18. The predicted molar refractivity (Wildman–Crippen MR) is 75.1 cm³/mol. The highest BCUT2D eigenvalue weighted by molar-refractivity contribution is 6.02. The van der Waals surface area contributed by atoms with E-state index >= 15 is 0 Å². The second-order valence-corrected chi connectivity index (χ2v) is 5.39. The minimum Gasteiger partial charge on any atom is -0.623 e. The van der Waals surface area contributed by atoms with E-state index in [1.165, 1.54) is 25.4 Å². The molecule has 6 heteroatoms. The lowest BCUT2D eigenvalue weighted by Crippen LogP contribution is -2.31. The normalized spacial score (nSPS) is 12.1. The van der Waals surface area contributed by atoms with Gasteiger partial charge in [-0.05, 0) is 24.3 Å². The number of carbonyl (C=O) groups excluding carboxylic acids is 1. The predicted octanol–water partition coefficient (Wildman–Crippen LogP) is 2.16. The molecule has 108 valence electrons. The first-order valence-electron chi connectivity index (χ1n) is 6.05. The number of nitrogens with zero attached hydrogens (tertiary/aromatic N) is 2. The van der Waals surface area contributed by atoms with E-state index in [9.17, 15) is 14.8 Å². The highest BCUT2D eigenvalue weighted by Gasteiger charge is 2.19. The Kier molecular flexibility index (Phi) is 4.49. The van der Waals surface area contributed by atoms with E-state index in [1.807, 2.05) is 0 Å². The summed E-state index contributed by atoms with van der Waals surface area (Å²) in [4.78, 5) is 23.0. The van der Waals surface area contributed by atoms with Crippen molar-refractivity contribution in [3.8, 4) is 0 Å². The SMILES string of the molecule is CN(C(=O)O)C(=O)c1ccc(/C=[N+](/[O-])C(C)(C)C)cc1. The third-order valence-electron chi connectivity index (χ3n) is 2.68. The van der Waals surface area contributed by atoms with Gasteiger partial charge >= 0.3 is 6.09 Å². The van der Waals surface area contributed by atoms with Crippen molar-refractivity contribution >= 4 is 18.2 Å². The van der Waals surface area contributed by atoms with E-state index < -0.39 is 17.5 Å². The molecule has 0 atom stereocenters. The van der Waals surface area contributed by atoms with Crippen molar-refractivity contribution in [3.63, 3.8) is 0 Å². The number of hydroxylamine groups is 1. The number of imide groups is 1. The lowest BCUT2D eigenvalue weighted by atomic mass is 10.1. The van der Waals surface area contributed by atoms with E-state index in [0.717, 1.165) is 4.74 Å². The number of carboxylic acid groups (broad SMARTS) is 1. The summed E-state index contributed by atoms with van der Waals surface area (Å²) < 4.78 is 0.827. The Morgan fingerprint density at radius 3 is 2.15 bits per heavy atom. The number of carbonyl (C=O) groups is 2. The van der Waals surface area contributed by atoms with Crippen molar-refractivity contribution in [1.82, 2.24) is 4.90 Å². The van der Waals surface area contributed by atoms with Crippen molar-refractivity contribution in [2.75, 3.05) is 7.05 Å². The fraction of sp³-hybridized carbons (Fsp3) is 0.357. The molecule has 0 radical (unpaired) electrons. The van der Waals surface area contributed by atoms with Crippen molar-refractivity contribution < 1.29 is 19.4 Å².